The molecule has 2 aromatic rings. The minimum atomic E-state index is 0.0366. The third-order valence-corrected chi connectivity index (χ3v) is 4.10. The lowest BCUT2D eigenvalue weighted by atomic mass is 10.1. The fourth-order valence-electron chi connectivity index (χ4n) is 2.61. The van der Waals surface area contributed by atoms with E-state index in [1.54, 1.807) is 0 Å². The molecule has 0 fully saturated rings. The van der Waals surface area contributed by atoms with Crippen LogP contribution in [0.3, 0.4) is 0 Å². The molecule has 4 nitrogen and oxygen atoms in total. The quantitative estimate of drug-likeness (QED) is 0.762. The molecular formula is C21H28N2O2. The van der Waals surface area contributed by atoms with Crippen LogP contribution in [0.25, 0.3) is 0 Å². The number of benzene rings is 2. The third-order valence-electron chi connectivity index (χ3n) is 4.10. The van der Waals surface area contributed by atoms with Crippen LogP contribution in [0.15, 0.2) is 48.5 Å². The number of nitrogens with one attached hydrogen (secondary N) is 1. The summed E-state index contributed by atoms with van der Waals surface area (Å²) in [6.07, 6.45) is 0. The lowest BCUT2D eigenvalue weighted by molar-refractivity contribution is -0.122. The normalized spacial score (nSPS) is 10.9. The summed E-state index contributed by atoms with van der Waals surface area (Å²) in [5.41, 5.74) is 4.75. The van der Waals surface area contributed by atoms with Crippen LogP contribution in [0.1, 0.15) is 29.2 Å². The lowest BCUT2D eigenvalue weighted by Crippen LogP contribution is -2.34. The maximum Gasteiger partial charge on any atom is 0.234 e. The first-order valence-corrected chi connectivity index (χ1v) is 8.73. The molecule has 0 saturated heterocycles. The topological polar surface area (TPSA) is 41.6 Å². The number of hydrogen-bond donors (Lipinski definition) is 1. The second kappa shape index (κ2) is 9.97. The first-order chi connectivity index (χ1) is 12.1. The molecule has 0 aromatic heterocycles. The smallest absolute Gasteiger partial charge is 0.234 e. The van der Waals surface area contributed by atoms with Crippen LogP contribution in [0.5, 0.6) is 0 Å². The molecule has 0 aliphatic carbocycles. The van der Waals surface area contributed by atoms with Crippen molar-refractivity contribution in [2.45, 2.75) is 33.5 Å². The van der Waals surface area contributed by atoms with E-state index in [0.29, 0.717) is 26.3 Å². The van der Waals surface area contributed by atoms with Gasteiger partial charge in [-0.15, -0.1) is 0 Å². The van der Waals surface area contributed by atoms with Gasteiger partial charge in [-0.2, -0.15) is 0 Å². The maximum absolute atomic E-state index is 12.1. The highest BCUT2D eigenvalue weighted by Crippen LogP contribution is 2.09. The summed E-state index contributed by atoms with van der Waals surface area (Å²) in [7, 11) is 1.97. The van der Waals surface area contributed by atoms with Crippen molar-refractivity contribution in [1.82, 2.24) is 10.2 Å². The van der Waals surface area contributed by atoms with Crippen molar-refractivity contribution in [3.63, 3.8) is 0 Å². The zero-order valence-electron chi connectivity index (χ0n) is 15.4. The van der Waals surface area contributed by atoms with E-state index in [1.807, 2.05) is 55.3 Å². The van der Waals surface area contributed by atoms with Gasteiger partial charge in [-0.25, -0.2) is 0 Å². The Kier molecular flexibility index (Phi) is 7.64. The van der Waals surface area contributed by atoms with Gasteiger partial charge in [0.05, 0.1) is 13.2 Å². The average molecular weight is 340 g/mol. The molecule has 0 heterocycles. The molecule has 134 valence electrons. The van der Waals surface area contributed by atoms with Crippen molar-refractivity contribution >= 4 is 5.91 Å². The number of rotatable bonds is 9. The van der Waals surface area contributed by atoms with Crippen molar-refractivity contribution in [1.29, 1.82) is 0 Å². The minimum absolute atomic E-state index is 0.0366. The van der Waals surface area contributed by atoms with E-state index in [4.69, 9.17) is 4.74 Å². The summed E-state index contributed by atoms with van der Waals surface area (Å²) in [4.78, 5) is 14.2. The van der Waals surface area contributed by atoms with Crippen LogP contribution in [-0.2, 0) is 29.2 Å². The second-order valence-electron chi connectivity index (χ2n) is 6.33. The zero-order valence-corrected chi connectivity index (χ0v) is 15.4. The van der Waals surface area contributed by atoms with Crippen molar-refractivity contribution in [2.24, 2.45) is 0 Å². The Bertz CT molecular complexity index is 668. The van der Waals surface area contributed by atoms with Crippen molar-refractivity contribution in [3.8, 4) is 0 Å². The van der Waals surface area contributed by atoms with Gasteiger partial charge in [0.15, 0.2) is 0 Å². The first kappa shape index (κ1) is 19.2. The SMILES string of the molecule is CCOCc1ccc(CNC(=O)CN(C)Cc2ccccc2C)cc1. The molecule has 0 aliphatic heterocycles. The van der Waals surface area contributed by atoms with Gasteiger partial charge in [-0.05, 0) is 43.1 Å². The Morgan fingerprint density at radius 1 is 1.08 bits per heavy atom. The Morgan fingerprint density at radius 3 is 2.44 bits per heavy atom. The standard InChI is InChI=1S/C21H28N2O2/c1-4-25-16-19-11-9-18(10-12-19)13-22-21(24)15-23(3)14-20-8-6-5-7-17(20)2/h5-12H,4,13-16H2,1-3H3,(H,22,24). The predicted molar refractivity (Wildman–Crippen MR) is 101 cm³/mol. The summed E-state index contributed by atoms with van der Waals surface area (Å²) in [6, 6.07) is 16.4. The maximum atomic E-state index is 12.1. The van der Waals surface area contributed by atoms with Crippen LogP contribution in [-0.4, -0.2) is 31.0 Å². The summed E-state index contributed by atoms with van der Waals surface area (Å²) < 4.78 is 5.38. The fraction of sp³-hybridized carbons (Fsp3) is 0.381. The van der Waals surface area contributed by atoms with E-state index in [-0.39, 0.29) is 5.91 Å². The van der Waals surface area contributed by atoms with Gasteiger partial charge in [-0.1, -0.05) is 48.5 Å². The number of ether oxygens (including phenoxy) is 1. The summed E-state index contributed by atoms with van der Waals surface area (Å²) in [5, 5.41) is 2.98. The van der Waals surface area contributed by atoms with E-state index >= 15 is 0 Å². The van der Waals surface area contributed by atoms with Crippen LogP contribution >= 0.6 is 0 Å². The highest BCUT2D eigenvalue weighted by atomic mass is 16.5. The first-order valence-electron chi connectivity index (χ1n) is 8.73. The minimum Gasteiger partial charge on any atom is -0.377 e. The van der Waals surface area contributed by atoms with Crippen molar-refractivity contribution in [3.05, 3.63) is 70.8 Å². The third kappa shape index (κ3) is 6.69. The molecule has 0 radical (unpaired) electrons. The number of nitrogens with zero attached hydrogens (tertiary/aromatic N) is 1. The number of carbonyl (C=O) groups excluding carboxylic acids is 1. The molecule has 25 heavy (non-hydrogen) atoms. The number of likely N-dealkylation sites (N-methyl/N-ethyl adjacent to an activating group) is 1. The van der Waals surface area contributed by atoms with E-state index in [1.165, 1.54) is 11.1 Å². The molecule has 0 unspecified atom stereocenters. The monoisotopic (exact) mass is 340 g/mol. The van der Waals surface area contributed by atoms with Gasteiger partial charge in [0.2, 0.25) is 5.91 Å². The molecule has 4 heteroatoms. The zero-order chi connectivity index (χ0) is 18.1. The number of aryl methyl sites for hydroxylation is 1. The Morgan fingerprint density at radius 2 is 1.76 bits per heavy atom. The van der Waals surface area contributed by atoms with Crippen LogP contribution in [0.2, 0.25) is 0 Å². The summed E-state index contributed by atoms with van der Waals surface area (Å²) >= 11 is 0. The van der Waals surface area contributed by atoms with E-state index in [0.717, 1.165) is 17.7 Å². The van der Waals surface area contributed by atoms with Gasteiger partial charge in [0.1, 0.15) is 0 Å². The Hall–Kier alpha value is -2.17. The van der Waals surface area contributed by atoms with E-state index < -0.39 is 0 Å². The molecular weight excluding hydrogens is 312 g/mol. The summed E-state index contributed by atoms with van der Waals surface area (Å²) in [6.45, 7) is 7.13. The molecule has 2 aromatic carbocycles. The Labute approximate surface area is 150 Å². The average Bonchev–Trinajstić information content (AvgIpc) is 2.61. The van der Waals surface area contributed by atoms with Crippen LogP contribution in [0, 0.1) is 6.92 Å². The second-order valence-corrected chi connectivity index (χ2v) is 6.33. The molecule has 1 N–H and O–H groups in total. The highest BCUT2D eigenvalue weighted by Gasteiger charge is 2.08. The molecule has 0 atom stereocenters. The molecule has 0 spiro atoms. The van der Waals surface area contributed by atoms with Gasteiger partial charge in [0, 0.05) is 19.7 Å². The van der Waals surface area contributed by atoms with E-state index in [2.05, 4.69) is 24.4 Å². The Balaban J connectivity index is 1.75. The lowest BCUT2D eigenvalue weighted by Gasteiger charge is -2.17. The molecule has 0 aliphatic rings. The van der Waals surface area contributed by atoms with Crippen LogP contribution < -0.4 is 5.32 Å². The van der Waals surface area contributed by atoms with Gasteiger partial charge in [0.25, 0.3) is 0 Å². The van der Waals surface area contributed by atoms with Crippen LogP contribution in [0.4, 0.5) is 0 Å². The molecule has 1 amide bonds. The number of hydrogen-bond acceptors (Lipinski definition) is 3. The fourth-order valence-corrected chi connectivity index (χ4v) is 2.61. The molecule has 2 rings (SSSR count). The van der Waals surface area contributed by atoms with Gasteiger partial charge in [-0.3, -0.25) is 9.69 Å². The number of carbonyl (C=O) groups is 1. The summed E-state index contributed by atoms with van der Waals surface area (Å²) in [5.74, 6) is 0.0366. The largest absolute Gasteiger partial charge is 0.377 e. The number of amides is 1. The van der Waals surface area contributed by atoms with Crippen molar-refractivity contribution < 1.29 is 9.53 Å². The van der Waals surface area contributed by atoms with Gasteiger partial charge < -0.3 is 10.1 Å². The van der Waals surface area contributed by atoms with Gasteiger partial charge >= 0.3 is 0 Å². The predicted octanol–water partition coefficient (Wildman–Crippen LogP) is 3.28. The molecule has 0 bridgehead atoms. The highest BCUT2D eigenvalue weighted by molar-refractivity contribution is 5.77. The van der Waals surface area contributed by atoms with Crippen molar-refractivity contribution in [2.75, 3.05) is 20.2 Å². The molecule has 0 saturated carbocycles. The van der Waals surface area contributed by atoms with E-state index in [9.17, 15) is 4.79 Å².